The number of nitriles is 1. The fourth-order valence-electron chi connectivity index (χ4n) is 1.31. The van der Waals surface area contributed by atoms with Crippen LogP contribution in [0, 0.1) is 11.3 Å². The van der Waals surface area contributed by atoms with Gasteiger partial charge in [0.15, 0.2) is 0 Å². The van der Waals surface area contributed by atoms with Gasteiger partial charge >= 0.3 is 0 Å². The molecule has 2 aromatic rings. The quantitative estimate of drug-likeness (QED) is 0.945. The van der Waals surface area contributed by atoms with Gasteiger partial charge in [-0.3, -0.25) is 4.79 Å². The van der Waals surface area contributed by atoms with Crippen molar-refractivity contribution in [1.29, 1.82) is 5.26 Å². The van der Waals surface area contributed by atoms with Crippen LogP contribution in [0.2, 0.25) is 0 Å². The molecule has 90 valence electrons. The lowest BCUT2D eigenvalue weighted by Gasteiger charge is -2.02. The number of halogens is 1. The molecule has 0 bridgehead atoms. The van der Waals surface area contributed by atoms with E-state index >= 15 is 0 Å². The number of carbonyl (C=O) groups is 1. The fraction of sp³-hybridized carbons (Fsp3) is 0.0833. The van der Waals surface area contributed by atoms with E-state index in [-0.39, 0.29) is 5.91 Å². The number of carbonyl (C=O) groups excluding carboxylic acids is 1. The van der Waals surface area contributed by atoms with Crippen LogP contribution in [-0.4, -0.2) is 10.9 Å². The van der Waals surface area contributed by atoms with E-state index < -0.39 is 0 Å². The Balaban J connectivity index is 1.97. The molecule has 4 nitrogen and oxygen atoms in total. The molecule has 1 N–H and O–H groups in total. The molecule has 0 aliphatic carbocycles. The van der Waals surface area contributed by atoms with Gasteiger partial charge in [0.2, 0.25) is 0 Å². The molecular weight excluding hydrogens is 314 g/mol. The van der Waals surface area contributed by atoms with Gasteiger partial charge in [0.25, 0.3) is 5.91 Å². The normalized spacial score (nSPS) is 9.78. The number of amides is 1. The lowest BCUT2D eigenvalue weighted by Crippen LogP contribution is -2.22. The maximum atomic E-state index is 11.8. The number of rotatable bonds is 3. The fourth-order valence-corrected chi connectivity index (χ4v) is 2.70. The second kappa shape index (κ2) is 5.76. The zero-order valence-electron chi connectivity index (χ0n) is 9.18. The Morgan fingerprint density at radius 1 is 1.56 bits per heavy atom. The summed E-state index contributed by atoms with van der Waals surface area (Å²) in [6, 6.07) is 6.98. The van der Waals surface area contributed by atoms with Crippen LogP contribution < -0.4 is 5.32 Å². The van der Waals surface area contributed by atoms with Crippen molar-refractivity contribution < 1.29 is 4.79 Å². The monoisotopic (exact) mass is 321 g/mol. The maximum Gasteiger partial charge on any atom is 0.253 e. The van der Waals surface area contributed by atoms with Crippen LogP contribution in [0.15, 0.2) is 34.2 Å². The van der Waals surface area contributed by atoms with Gasteiger partial charge in [-0.1, -0.05) is 0 Å². The third kappa shape index (κ3) is 3.15. The Morgan fingerprint density at radius 3 is 2.94 bits per heavy atom. The summed E-state index contributed by atoms with van der Waals surface area (Å²) >= 11 is 4.93. The molecule has 2 heterocycles. The summed E-state index contributed by atoms with van der Waals surface area (Å²) in [4.78, 5) is 16.7. The van der Waals surface area contributed by atoms with Crippen molar-refractivity contribution in [3.63, 3.8) is 0 Å². The molecule has 0 aliphatic rings. The topological polar surface area (TPSA) is 65.8 Å². The van der Waals surface area contributed by atoms with Crippen LogP contribution in [0.25, 0.3) is 0 Å². The van der Waals surface area contributed by atoms with Crippen LogP contribution in [-0.2, 0) is 6.54 Å². The van der Waals surface area contributed by atoms with Gasteiger partial charge in [0.05, 0.1) is 12.1 Å². The molecule has 2 aromatic heterocycles. The van der Waals surface area contributed by atoms with Crippen LogP contribution in [0.4, 0.5) is 0 Å². The first kappa shape index (κ1) is 12.7. The molecule has 0 unspecified atom stereocenters. The smallest absolute Gasteiger partial charge is 0.253 e. The predicted octanol–water partition coefficient (Wildman–Crippen LogP) is 2.71. The van der Waals surface area contributed by atoms with Crippen molar-refractivity contribution in [3.05, 3.63) is 50.4 Å². The first-order valence-electron chi connectivity index (χ1n) is 5.06. The maximum absolute atomic E-state index is 11.8. The summed E-state index contributed by atoms with van der Waals surface area (Å²) in [7, 11) is 0. The zero-order chi connectivity index (χ0) is 13.0. The van der Waals surface area contributed by atoms with E-state index in [1.54, 1.807) is 17.4 Å². The van der Waals surface area contributed by atoms with E-state index in [4.69, 9.17) is 5.26 Å². The van der Waals surface area contributed by atoms with Gasteiger partial charge < -0.3 is 5.32 Å². The van der Waals surface area contributed by atoms with E-state index in [9.17, 15) is 4.79 Å². The van der Waals surface area contributed by atoms with Crippen LogP contribution in [0.5, 0.6) is 0 Å². The summed E-state index contributed by atoms with van der Waals surface area (Å²) < 4.78 is 1.01. The number of pyridine rings is 1. The summed E-state index contributed by atoms with van der Waals surface area (Å²) in [6.07, 6.45) is 1.40. The molecule has 1 amide bonds. The van der Waals surface area contributed by atoms with E-state index in [1.807, 2.05) is 17.5 Å². The first-order chi connectivity index (χ1) is 8.69. The van der Waals surface area contributed by atoms with Gasteiger partial charge in [0, 0.05) is 20.9 Å². The molecule has 0 aliphatic heterocycles. The number of hydrogen-bond donors (Lipinski definition) is 1. The van der Waals surface area contributed by atoms with Crippen molar-refractivity contribution in [2.45, 2.75) is 6.54 Å². The van der Waals surface area contributed by atoms with E-state index in [0.29, 0.717) is 17.8 Å². The Hall–Kier alpha value is -1.71. The Bertz CT molecular complexity index is 601. The van der Waals surface area contributed by atoms with Crippen LogP contribution >= 0.6 is 27.3 Å². The summed E-state index contributed by atoms with van der Waals surface area (Å²) in [5.41, 5.74) is 0.748. The van der Waals surface area contributed by atoms with Gasteiger partial charge in [0.1, 0.15) is 11.8 Å². The highest BCUT2D eigenvalue weighted by atomic mass is 79.9. The molecule has 0 saturated carbocycles. The predicted molar refractivity (Wildman–Crippen MR) is 72.1 cm³/mol. The molecule has 2 rings (SSSR count). The van der Waals surface area contributed by atoms with Crippen LogP contribution in [0.1, 0.15) is 20.9 Å². The minimum atomic E-state index is -0.198. The highest BCUT2D eigenvalue weighted by Crippen LogP contribution is 2.19. The molecule has 6 heteroatoms. The number of nitrogens with one attached hydrogen (secondary N) is 1. The standard InChI is InChI=1S/C12H8BrN3OS/c13-9-3-11(18-7-9)6-16-12(17)8-1-2-10(4-14)15-5-8/h1-3,5,7H,6H2,(H,16,17). The van der Waals surface area contributed by atoms with Crippen molar-refractivity contribution in [2.75, 3.05) is 0 Å². The van der Waals surface area contributed by atoms with Crippen LogP contribution in [0.3, 0.4) is 0 Å². The summed E-state index contributed by atoms with van der Waals surface area (Å²) in [5, 5.41) is 13.4. The van der Waals surface area contributed by atoms with E-state index in [2.05, 4.69) is 26.2 Å². The number of aromatic nitrogens is 1. The number of thiophene rings is 1. The SMILES string of the molecule is N#Cc1ccc(C(=O)NCc2cc(Br)cs2)cn1. The van der Waals surface area contributed by atoms with E-state index in [0.717, 1.165) is 9.35 Å². The third-order valence-electron chi connectivity index (χ3n) is 2.19. The van der Waals surface area contributed by atoms with Gasteiger partial charge in [-0.25, -0.2) is 4.98 Å². The van der Waals surface area contributed by atoms with Gasteiger partial charge in [-0.2, -0.15) is 5.26 Å². The summed E-state index contributed by atoms with van der Waals surface area (Å²) in [6.45, 7) is 0.481. The molecule has 0 fully saturated rings. The van der Waals surface area contributed by atoms with E-state index in [1.165, 1.54) is 12.3 Å². The molecule has 0 radical (unpaired) electrons. The Kier molecular flexibility index (Phi) is 4.07. The molecule has 0 atom stereocenters. The molecule has 0 spiro atoms. The largest absolute Gasteiger partial charge is 0.347 e. The summed E-state index contributed by atoms with van der Waals surface area (Å²) in [5.74, 6) is -0.198. The zero-order valence-corrected chi connectivity index (χ0v) is 11.6. The molecule has 0 saturated heterocycles. The average molecular weight is 322 g/mol. The highest BCUT2D eigenvalue weighted by Gasteiger charge is 2.06. The number of hydrogen-bond acceptors (Lipinski definition) is 4. The van der Waals surface area contributed by atoms with Crippen molar-refractivity contribution in [2.24, 2.45) is 0 Å². The third-order valence-corrected chi connectivity index (χ3v) is 3.88. The highest BCUT2D eigenvalue weighted by molar-refractivity contribution is 9.10. The minimum Gasteiger partial charge on any atom is -0.347 e. The van der Waals surface area contributed by atoms with Crippen molar-refractivity contribution >= 4 is 33.2 Å². The average Bonchev–Trinajstić information content (AvgIpc) is 2.82. The Labute approximate surface area is 116 Å². The second-order valence-corrected chi connectivity index (χ2v) is 5.37. The van der Waals surface area contributed by atoms with Gasteiger partial charge in [-0.05, 0) is 34.1 Å². The lowest BCUT2D eigenvalue weighted by molar-refractivity contribution is 0.0951. The van der Waals surface area contributed by atoms with Crippen molar-refractivity contribution in [3.8, 4) is 6.07 Å². The second-order valence-electron chi connectivity index (χ2n) is 3.46. The lowest BCUT2D eigenvalue weighted by atomic mass is 10.2. The first-order valence-corrected chi connectivity index (χ1v) is 6.73. The van der Waals surface area contributed by atoms with Crippen molar-refractivity contribution in [1.82, 2.24) is 10.3 Å². The molecular formula is C12H8BrN3OS. The minimum absolute atomic E-state index is 0.198. The number of nitrogens with zero attached hydrogens (tertiary/aromatic N) is 2. The molecule has 0 aromatic carbocycles. The molecule has 18 heavy (non-hydrogen) atoms. The van der Waals surface area contributed by atoms with Gasteiger partial charge in [-0.15, -0.1) is 11.3 Å². The Morgan fingerprint density at radius 2 is 2.39 bits per heavy atom.